The van der Waals surface area contributed by atoms with Crippen LogP contribution in [0.25, 0.3) is 11.8 Å². The topological polar surface area (TPSA) is 12.0 Å². The highest BCUT2D eigenvalue weighted by Crippen LogP contribution is 2.19. The molecule has 0 fully saturated rings. The molecule has 0 aliphatic carbocycles. The zero-order valence-electron chi connectivity index (χ0n) is 16.8. The Bertz CT molecular complexity index is 1030. The van der Waals surface area contributed by atoms with Crippen LogP contribution in [0.15, 0.2) is 92.0 Å². The highest BCUT2D eigenvalue weighted by atomic mass is 19.1. The number of rotatable bonds is 8. The van der Waals surface area contributed by atoms with Gasteiger partial charge in [-0.05, 0) is 53.3 Å². The molecule has 0 aliphatic rings. The molecule has 0 bridgehead atoms. The van der Waals surface area contributed by atoms with Gasteiger partial charge >= 0.3 is 0 Å². The van der Waals surface area contributed by atoms with Crippen molar-refractivity contribution in [3.63, 3.8) is 0 Å². The fraction of sp³-hybridized carbons (Fsp3) is 0.111. The summed E-state index contributed by atoms with van der Waals surface area (Å²) in [6.45, 7) is 10.3. The van der Waals surface area contributed by atoms with Crippen molar-refractivity contribution in [1.82, 2.24) is 5.32 Å². The first kappa shape index (κ1) is 20.3. The normalized spacial score (nSPS) is 10.8. The summed E-state index contributed by atoms with van der Waals surface area (Å²) in [4.78, 5) is 0. The van der Waals surface area contributed by atoms with Crippen LogP contribution in [0.4, 0.5) is 4.39 Å². The zero-order valence-corrected chi connectivity index (χ0v) is 16.8. The Morgan fingerprint density at radius 1 is 1.00 bits per heavy atom. The van der Waals surface area contributed by atoms with Gasteiger partial charge in [-0.25, -0.2) is 4.39 Å². The third-order valence-electron chi connectivity index (χ3n) is 4.90. The molecule has 0 spiro atoms. The van der Waals surface area contributed by atoms with Gasteiger partial charge in [-0.2, -0.15) is 0 Å². The van der Waals surface area contributed by atoms with E-state index in [0.29, 0.717) is 12.1 Å². The van der Waals surface area contributed by atoms with E-state index >= 15 is 0 Å². The number of allylic oxidation sites excluding steroid dienone is 2. The molecule has 0 heterocycles. The molecule has 1 N–H and O–H groups in total. The minimum absolute atomic E-state index is 0.197. The lowest BCUT2D eigenvalue weighted by Gasteiger charge is -2.13. The average molecular weight is 384 g/mol. The molecule has 0 saturated carbocycles. The summed E-state index contributed by atoms with van der Waals surface area (Å²) in [5.74, 6) is -0.197. The van der Waals surface area contributed by atoms with Crippen molar-refractivity contribution < 1.29 is 4.39 Å². The van der Waals surface area contributed by atoms with Gasteiger partial charge in [0.05, 0.1) is 0 Å². The molecule has 3 rings (SSSR count). The predicted octanol–water partition coefficient (Wildman–Crippen LogP) is 6.68. The van der Waals surface area contributed by atoms with E-state index < -0.39 is 0 Å². The fourth-order valence-corrected chi connectivity index (χ4v) is 3.16. The molecule has 1 nitrogen and oxygen atoms in total. The van der Waals surface area contributed by atoms with Gasteiger partial charge in [0.2, 0.25) is 0 Å². The quantitative estimate of drug-likeness (QED) is 0.428. The number of aryl methyl sites for hydroxylation is 1. The lowest BCUT2D eigenvalue weighted by Crippen LogP contribution is -2.12. The summed E-state index contributed by atoms with van der Waals surface area (Å²) < 4.78 is 14.6. The number of nitrogens with one attached hydrogen (secondary N) is 1. The molecule has 0 atom stereocenters. The van der Waals surface area contributed by atoms with Crippen molar-refractivity contribution >= 4 is 11.8 Å². The van der Waals surface area contributed by atoms with Gasteiger partial charge in [0.25, 0.3) is 0 Å². The second-order valence-corrected chi connectivity index (χ2v) is 7.09. The molecule has 29 heavy (non-hydrogen) atoms. The van der Waals surface area contributed by atoms with E-state index in [1.807, 2.05) is 48.6 Å². The molecule has 0 aliphatic heterocycles. The first-order valence-electron chi connectivity index (χ1n) is 9.71. The third kappa shape index (κ3) is 5.55. The van der Waals surface area contributed by atoms with Crippen LogP contribution in [-0.4, -0.2) is 0 Å². The number of halogens is 1. The Hall–Kier alpha value is -3.39. The number of hydrogen-bond acceptors (Lipinski definition) is 1. The first-order valence-corrected chi connectivity index (χ1v) is 9.71. The standard InChI is InChI=1S/C27H26FN/c1-4-5-11-24-18-25(14-12-20(24)2)21(3)29-19-26-15-13-23(17-27(26)28)16-22-9-7-6-8-10-22/h4-15,17-18,29H,1,3,16,19H2,2H3/b11-5-. The third-order valence-corrected chi connectivity index (χ3v) is 4.90. The van der Waals surface area contributed by atoms with Gasteiger partial charge in [0, 0.05) is 17.8 Å². The molecule has 2 heteroatoms. The van der Waals surface area contributed by atoms with Crippen LogP contribution in [0.3, 0.4) is 0 Å². The molecule has 0 aromatic heterocycles. The van der Waals surface area contributed by atoms with Crippen molar-refractivity contribution in [1.29, 1.82) is 0 Å². The number of benzene rings is 3. The molecule has 0 amide bonds. The Balaban J connectivity index is 1.66. The summed E-state index contributed by atoms with van der Waals surface area (Å²) in [5.41, 5.74) is 6.81. The van der Waals surface area contributed by atoms with E-state index in [4.69, 9.17) is 0 Å². The van der Waals surface area contributed by atoms with Crippen molar-refractivity contribution in [2.75, 3.05) is 0 Å². The predicted molar refractivity (Wildman–Crippen MR) is 122 cm³/mol. The summed E-state index contributed by atoms with van der Waals surface area (Å²) in [5, 5.41) is 3.25. The lowest BCUT2D eigenvalue weighted by molar-refractivity contribution is 0.603. The van der Waals surface area contributed by atoms with Crippen LogP contribution in [-0.2, 0) is 13.0 Å². The Morgan fingerprint density at radius 2 is 1.79 bits per heavy atom. The summed E-state index contributed by atoms with van der Waals surface area (Å²) >= 11 is 0. The molecular formula is C27H26FN. The summed E-state index contributed by atoms with van der Waals surface area (Å²) in [7, 11) is 0. The Morgan fingerprint density at radius 3 is 2.52 bits per heavy atom. The smallest absolute Gasteiger partial charge is 0.128 e. The van der Waals surface area contributed by atoms with Gasteiger partial charge in [-0.1, -0.05) is 86.0 Å². The summed E-state index contributed by atoms with van der Waals surface area (Å²) in [6, 6.07) is 21.7. The van der Waals surface area contributed by atoms with Gasteiger partial charge in [0.1, 0.15) is 5.82 Å². The molecular weight excluding hydrogens is 357 g/mol. The fourth-order valence-electron chi connectivity index (χ4n) is 3.16. The second-order valence-electron chi connectivity index (χ2n) is 7.09. The maximum absolute atomic E-state index is 14.6. The molecule has 3 aromatic carbocycles. The van der Waals surface area contributed by atoms with Crippen LogP contribution in [0.1, 0.15) is 33.4 Å². The Kier molecular flexibility index (Phi) is 6.80. The van der Waals surface area contributed by atoms with Crippen LogP contribution >= 0.6 is 0 Å². The monoisotopic (exact) mass is 383 g/mol. The van der Waals surface area contributed by atoms with Gasteiger partial charge in [0.15, 0.2) is 0 Å². The van der Waals surface area contributed by atoms with Crippen molar-refractivity contribution in [2.45, 2.75) is 19.9 Å². The maximum Gasteiger partial charge on any atom is 0.128 e. The van der Waals surface area contributed by atoms with Crippen molar-refractivity contribution in [3.05, 3.63) is 131 Å². The van der Waals surface area contributed by atoms with Crippen LogP contribution < -0.4 is 5.32 Å². The number of hydrogen-bond donors (Lipinski definition) is 1. The summed E-state index contributed by atoms with van der Waals surface area (Å²) in [6.07, 6.45) is 6.41. The van der Waals surface area contributed by atoms with Gasteiger partial charge < -0.3 is 5.32 Å². The molecule has 0 radical (unpaired) electrons. The molecule has 146 valence electrons. The minimum atomic E-state index is -0.197. The van der Waals surface area contributed by atoms with E-state index in [1.165, 1.54) is 11.1 Å². The van der Waals surface area contributed by atoms with Crippen LogP contribution in [0.2, 0.25) is 0 Å². The van der Waals surface area contributed by atoms with E-state index in [-0.39, 0.29) is 5.82 Å². The van der Waals surface area contributed by atoms with Crippen molar-refractivity contribution in [3.8, 4) is 0 Å². The largest absolute Gasteiger partial charge is 0.381 e. The Labute approximate surface area is 172 Å². The average Bonchev–Trinajstić information content (AvgIpc) is 2.73. The maximum atomic E-state index is 14.6. The van der Waals surface area contributed by atoms with E-state index in [2.05, 4.69) is 49.7 Å². The molecule has 3 aromatic rings. The van der Waals surface area contributed by atoms with Crippen LogP contribution in [0.5, 0.6) is 0 Å². The molecule has 0 saturated heterocycles. The highest BCUT2D eigenvalue weighted by Gasteiger charge is 2.07. The first-order chi connectivity index (χ1) is 14.1. The van der Waals surface area contributed by atoms with Gasteiger partial charge in [-0.15, -0.1) is 0 Å². The minimum Gasteiger partial charge on any atom is -0.381 e. The molecule has 0 unspecified atom stereocenters. The zero-order chi connectivity index (χ0) is 20.6. The highest BCUT2D eigenvalue weighted by molar-refractivity contribution is 5.67. The van der Waals surface area contributed by atoms with Crippen LogP contribution in [0, 0.1) is 12.7 Å². The second kappa shape index (κ2) is 9.70. The van der Waals surface area contributed by atoms with Crippen molar-refractivity contribution in [2.24, 2.45) is 0 Å². The van der Waals surface area contributed by atoms with E-state index in [9.17, 15) is 4.39 Å². The van der Waals surface area contributed by atoms with E-state index in [1.54, 1.807) is 12.1 Å². The SMILES string of the molecule is C=C/C=C\c1cc(C(=C)NCc2ccc(Cc3ccccc3)cc2F)ccc1C. The van der Waals surface area contributed by atoms with Gasteiger partial charge in [-0.3, -0.25) is 0 Å². The van der Waals surface area contributed by atoms with E-state index in [0.717, 1.165) is 28.8 Å². The lowest BCUT2D eigenvalue weighted by atomic mass is 10.0.